The zero-order chi connectivity index (χ0) is 11.7. The first-order chi connectivity index (χ1) is 7.59. The average Bonchev–Trinajstić information content (AvgIpc) is 2.61. The average molecular weight is 239 g/mol. The third kappa shape index (κ3) is 1.88. The minimum atomic E-state index is -0.869. The number of hydrazone groups is 1. The lowest BCUT2D eigenvalue weighted by Crippen LogP contribution is -2.27. The maximum Gasteiger partial charge on any atom is 0.314 e. The molecule has 0 aliphatic carbocycles. The number of carboxylic acids is 1. The van der Waals surface area contributed by atoms with Gasteiger partial charge in [0.1, 0.15) is 5.92 Å². The predicted molar refractivity (Wildman–Crippen MR) is 61.6 cm³/mol. The summed E-state index contributed by atoms with van der Waals surface area (Å²) in [5.74, 6) is -1.48. The molecule has 2 unspecified atom stereocenters. The van der Waals surface area contributed by atoms with Gasteiger partial charge in [-0.15, -0.1) is 0 Å². The number of carboxylic acid groups (broad SMARTS) is 1. The number of nitrogens with zero attached hydrogens (tertiary/aromatic N) is 1. The Morgan fingerprint density at radius 2 is 2.06 bits per heavy atom. The topological polar surface area (TPSA) is 61.7 Å². The van der Waals surface area contributed by atoms with E-state index in [-0.39, 0.29) is 6.04 Å². The molecule has 5 heteroatoms. The quantitative estimate of drug-likeness (QED) is 0.829. The Bertz CT molecular complexity index is 442. The van der Waals surface area contributed by atoms with E-state index in [9.17, 15) is 4.79 Å². The van der Waals surface area contributed by atoms with Crippen LogP contribution in [0.15, 0.2) is 29.4 Å². The maximum absolute atomic E-state index is 11.1. The summed E-state index contributed by atoms with van der Waals surface area (Å²) in [6, 6.07) is 6.79. The number of benzene rings is 1. The van der Waals surface area contributed by atoms with Crippen LogP contribution in [0.4, 0.5) is 0 Å². The van der Waals surface area contributed by atoms with Crippen LogP contribution in [0.5, 0.6) is 0 Å². The molecular weight excluding hydrogens is 228 g/mol. The Labute approximate surface area is 97.9 Å². The standard InChI is InChI=1S/C11H11ClN2O2/c1-6-9(11(15)16)10(14-13-6)7-2-4-8(12)5-3-7/h2-5,9-10,14H,1H3,(H,15,16). The van der Waals surface area contributed by atoms with Crippen molar-refractivity contribution in [2.45, 2.75) is 13.0 Å². The van der Waals surface area contributed by atoms with Crippen LogP contribution in [0.3, 0.4) is 0 Å². The zero-order valence-corrected chi connectivity index (χ0v) is 9.40. The first kappa shape index (κ1) is 11.0. The highest BCUT2D eigenvalue weighted by atomic mass is 35.5. The van der Waals surface area contributed by atoms with Gasteiger partial charge in [-0.25, -0.2) is 0 Å². The van der Waals surface area contributed by atoms with Gasteiger partial charge >= 0.3 is 5.97 Å². The molecule has 4 nitrogen and oxygen atoms in total. The fourth-order valence-electron chi connectivity index (χ4n) is 1.82. The normalized spacial score (nSPS) is 23.8. The Morgan fingerprint density at radius 3 is 2.62 bits per heavy atom. The summed E-state index contributed by atoms with van der Waals surface area (Å²) in [5, 5.41) is 13.7. The summed E-state index contributed by atoms with van der Waals surface area (Å²) in [6.07, 6.45) is 0. The Balaban J connectivity index is 2.29. The smallest absolute Gasteiger partial charge is 0.314 e. The van der Waals surface area contributed by atoms with Gasteiger partial charge in [0.25, 0.3) is 0 Å². The van der Waals surface area contributed by atoms with Crippen LogP contribution in [0, 0.1) is 5.92 Å². The lowest BCUT2D eigenvalue weighted by Gasteiger charge is -2.16. The van der Waals surface area contributed by atoms with Crippen LogP contribution >= 0.6 is 11.6 Å². The lowest BCUT2D eigenvalue weighted by molar-refractivity contribution is -0.139. The van der Waals surface area contributed by atoms with E-state index in [1.54, 1.807) is 19.1 Å². The van der Waals surface area contributed by atoms with Gasteiger partial charge in [0, 0.05) is 5.02 Å². The van der Waals surface area contributed by atoms with Gasteiger partial charge in [-0.3, -0.25) is 4.79 Å². The molecule has 1 aliphatic rings. The van der Waals surface area contributed by atoms with Crippen molar-refractivity contribution in [3.8, 4) is 0 Å². The second kappa shape index (κ2) is 4.14. The van der Waals surface area contributed by atoms with Crippen molar-refractivity contribution in [1.82, 2.24) is 5.43 Å². The van der Waals surface area contributed by atoms with Crippen molar-refractivity contribution in [2.75, 3.05) is 0 Å². The number of rotatable bonds is 2. The monoisotopic (exact) mass is 238 g/mol. The molecule has 1 heterocycles. The molecule has 2 rings (SSSR count). The Hall–Kier alpha value is -1.55. The third-order valence-electron chi connectivity index (χ3n) is 2.66. The maximum atomic E-state index is 11.1. The van der Waals surface area contributed by atoms with Crippen LogP contribution in [0.1, 0.15) is 18.5 Å². The largest absolute Gasteiger partial charge is 0.481 e. The second-order valence-electron chi connectivity index (χ2n) is 3.73. The Kier molecular flexibility index (Phi) is 2.83. The molecule has 2 atom stereocenters. The molecule has 0 saturated carbocycles. The van der Waals surface area contributed by atoms with Crippen molar-refractivity contribution >= 4 is 23.3 Å². The van der Waals surface area contributed by atoms with E-state index in [2.05, 4.69) is 10.5 Å². The van der Waals surface area contributed by atoms with Crippen molar-refractivity contribution in [3.05, 3.63) is 34.9 Å². The van der Waals surface area contributed by atoms with Crippen LogP contribution in [-0.2, 0) is 4.79 Å². The summed E-state index contributed by atoms with van der Waals surface area (Å²) >= 11 is 5.78. The predicted octanol–water partition coefficient (Wildman–Crippen LogP) is 2.06. The summed E-state index contributed by atoms with van der Waals surface area (Å²) in [4.78, 5) is 11.1. The van der Waals surface area contributed by atoms with E-state index in [0.717, 1.165) is 5.56 Å². The van der Waals surface area contributed by atoms with Crippen molar-refractivity contribution in [3.63, 3.8) is 0 Å². The Morgan fingerprint density at radius 1 is 1.44 bits per heavy atom. The van der Waals surface area contributed by atoms with E-state index < -0.39 is 11.9 Å². The van der Waals surface area contributed by atoms with E-state index in [1.807, 2.05) is 12.1 Å². The molecular formula is C11H11ClN2O2. The van der Waals surface area contributed by atoms with Gasteiger partial charge in [0.2, 0.25) is 0 Å². The first-order valence-electron chi connectivity index (χ1n) is 4.87. The number of aliphatic carboxylic acids is 1. The molecule has 1 aliphatic heterocycles. The molecule has 1 aromatic carbocycles. The molecule has 0 fully saturated rings. The minimum absolute atomic E-state index is 0.310. The fraction of sp³-hybridized carbons (Fsp3) is 0.273. The van der Waals surface area contributed by atoms with Gasteiger partial charge in [0.05, 0.1) is 11.8 Å². The van der Waals surface area contributed by atoms with Crippen LogP contribution in [-0.4, -0.2) is 16.8 Å². The molecule has 84 valence electrons. The number of nitrogens with one attached hydrogen (secondary N) is 1. The second-order valence-corrected chi connectivity index (χ2v) is 4.16. The summed E-state index contributed by atoms with van der Waals surface area (Å²) in [7, 11) is 0. The summed E-state index contributed by atoms with van der Waals surface area (Å²) in [6.45, 7) is 1.71. The van der Waals surface area contributed by atoms with Gasteiger partial charge in [-0.05, 0) is 24.6 Å². The van der Waals surface area contributed by atoms with E-state index in [1.165, 1.54) is 0 Å². The van der Waals surface area contributed by atoms with E-state index >= 15 is 0 Å². The summed E-state index contributed by atoms with van der Waals surface area (Å²) in [5.41, 5.74) is 4.30. The molecule has 0 aromatic heterocycles. The van der Waals surface area contributed by atoms with Crippen molar-refractivity contribution < 1.29 is 9.90 Å². The molecule has 0 spiro atoms. The lowest BCUT2D eigenvalue weighted by atomic mass is 9.91. The van der Waals surface area contributed by atoms with Crippen LogP contribution < -0.4 is 5.43 Å². The molecule has 0 radical (unpaired) electrons. The highest BCUT2D eigenvalue weighted by Gasteiger charge is 2.36. The molecule has 1 aromatic rings. The highest BCUT2D eigenvalue weighted by molar-refractivity contribution is 6.30. The molecule has 0 saturated heterocycles. The molecule has 0 amide bonds. The zero-order valence-electron chi connectivity index (χ0n) is 8.64. The third-order valence-corrected chi connectivity index (χ3v) is 2.91. The van der Waals surface area contributed by atoms with Crippen molar-refractivity contribution in [2.24, 2.45) is 11.0 Å². The van der Waals surface area contributed by atoms with Gasteiger partial charge in [-0.1, -0.05) is 23.7 Å². The summed E-state index contributed by atoms with van der Waals surface area (Å²) < 4.78 is 0. The van der Waals surface area contributed by atoms with E-state index in [4.69, 9.17) is 16.7 Å². The number of halogens is 1. The molecule has 2 N–H and O–H groups in total. The first-order valence-corrected chi connectivity index (χ1v) is 5.25. The molecule has 16 heavy (non-hydrogen) atoms. The van der Waals surface area contributed by atoms with Crippen LogP contribution in [0.2, 0.25) is 5.02 Å². The number of carbonyl (C=O) groups is 1. The van der Waals surface area contributed by atoms with Crippen molar-refractivity contribution in [1.29, 1.82) is 0 Å². The van der Waals surface area contributed by atoms with Gasteiger partial charge in [-0.2, -0.15) is 5.10 Å². The van der Waals surface area contributed by atoms with Gasteiger partial charge < -0.3 is 10.5 Å². The number of hydrogen-bond donors (Lipinski definition) is 2. The van der Waals surface area contributed by atoms with Gasteiger partial charge in [0.15, 0.2) is 0 Å². The fourth-order valence-corrected chi connectivity index (χ4v) is 1.94. The number of hydrogen-bond acceptors (Lipinski definition) is 3. The molecule has 0 bridgehead atoms. The van der Waals surface area contributed by atoms with E-state index in [0.29, 0.717) is 10.7 Å². The SMILES string of the molecule is CC1=NNC(c2ccc(Cl)cc2)C1C(=O)O. The highest BCUT2D eigenvalue weighted by Crippen LogP contribution is 2.28. The van der Waals surface area contributed by atoms with Crippen LogP contribution in [0.25, 0.3) is 0 Å². The minimum Gasteiger partial charge on any atom is -0.481 e.